The van der Waals surface area contributed by atoms with Gasteiger partial charge in [-0.25, -0.2) is 4.39 Å². The van der Waals surface area contributed by atoms with E-state index in [1.54, 1.807) is 4.68 Å². The van der Waals surface area contributed by atoms with E-state index < -0.39 is 5.82 Å². The van der Waals surface area contributed by atoms with Crippen molar-refractivity contribution in [1.29, 1.82) is 0 Å². The Morgan fingerprint density at radius 1 is 1.43 bits per heavy atom. The van der Waals surface area contributed by atoms with Crippen molar-refractivity contribution >= 4 is 5.91 Å². The topological polar surface area (TPSA) is 56.1 Å². The van der Waals surface area contributed by atoms with Crippen LogP contribution in [0.3, 0.4) is 0 Å². The highest BCUT2D eigenvalue weighted by atomic mass is 19.1. The van der Waals surface area contributed by atoms with Crippen molar-refractivity contribution in [3.8, 4) is 5.75 Å². The third-order valence-electron chi connectivity index (χ3n) is 3.25. The Hall–Kier alpha value is -2.37. The summed E-state index contributed by atoms with van der Waals surface area (Å²) < 4.78 is 20.1. The maximum Gasteiger partial charge on any atom is 0.251 e. The average molecular weight is 291 g/mol. The van der Waals surface area contributed by atoms with Crippen LogP contribution in [0.1, 0.15) is 21.7 Å². The second-order valence-corrected chi connectivity index (χ2v) is 4.76. The smallest absolute Gasteiger partial charge is 0.251 e. The lowest BCUT2D eigenvalue weighted by atomic mass is 10.2. The number of carbonyl (C=O) groups is 1. The number of aromatic nitrogens is 2. The monoisotopic (exact) mass is 291 g/mol. The third-order valence-corrected chi connectivity index (χ3v) is 3.25. The Labute approximate surface area is 122 Å². The molecule has 0 spiro atoms. The molecule has 112 valence electrons. The van der Waals surface area contributed by atoms with Crippen molar-refractivity contribution in [3.05, 3.63) is 47.0 Å². The summed E-state index contributed by atoms with van der Waals surface area (Å²) >= 11 is 0. The second-order valence-electron chi connectivity index (χ2n) is 4.76. The van der Waals surface area contributed by atoms with Crippen molar-refractivity contribution in [1.82, 2.24) is 15.1 Å². The normalized spacial score (nSPS) is 10.5. The Kier molecular flexibility index (Phi) is 4.57. The van der Waals surface area contributed by atoms with Gasteiger partial charge in [-0.15, -0.1) is 0 Å². The number of ether oxygens (including phenoxy) is 1. The molecule has 0 saturated heterocycles. The van der Waals surface area contributed by atoms with E-state index in [1.807, 2.05) is 20.0 Å². The molecule has 1 amide bonds. The average Bonchev–Trinajstić information content (AvgIpc) is 2.77. The molecular weight excluding hydrogens is 273 g/mol. The molecule has 1 heterocycles. The molecule has 5 nitrogen and oxygen atoms in total. The van der Waals surface area contributed by atoms with Crippen LogP contribution >= 0.6 is 0 Å². The molecule has 1 aromatic carbocycles. The lowest BCUT2D eigenvalue weighted by molar-refractivity contribution is 0.0953. The highest BCUT2D eigenvalue weighted by Crippen LogP contribution is 2.17. The molecule has 0 aliphatic carbocycles. The van der Waals surface area contributed by atoms with Crippen molar-refractivity contribution < 1.29 is 13.9 Å². The van der Waals surface area contributed by atoms with E-state index in [9.17, 15) is 9.18 Å². The second kappa shape index (κ2) is 6.39. The van der Waals surface area contributed by atoms with Gasteiger partial charge in [0.2, 0.25) is 0 Å². The van der Waals surface area contributed by atoms with Crippen LogP contribution in [0, 0.1) is 12.7 Å². The van der Waals surface area contributed by atoms with Crippen molar-refractivity contribution in [2.24, 2.45) is 7.05 Å². The van der Waals surface area contributed by atoms with Crippen LogP contribution in [-0.2, 0) is 13.5 Å². The lowest BCUT2D eigenvalue weighted by Gasteiger charge is -2.06. The van der Waals surface area contributed by atoms with Crippen molar-refractivity contribution in [2.75, 3.05) is 13.7 Å². The highest BCUT2D eigenvalue weighted by molar-refractivity contribution is 5.94. The lowest BCUT2D eigenvalue weighted by Crippen LogP contribution is -2.25. The van der Waals surface area contributed by atoms with Gasteiger partial charge in [0.15, 0.2) is 11.6 Å². The van der Waals surface area contributed by atoms with Gasteiger partial charge in [-0.1, -0.05) is 0 Å². The van der Waals surface area contributed by atoms with Gasteiger partial charge in [-0.2, -0.15) is 5.10 Å². The van der Waals surface area contributed by atoms with Crippen molar-refractivity contribution in [2.45, 2.75) is 13.3 Å². The molecule has 0 saturated carbocycles. The highest BCUT2D eigenvalue weighted by Gasteiger charge is 2.10. The number of halogens is 1. The quantitative estimate of drug-likeness (QED) is 0.914. The molecule has 0 radical (unpaired) electrons. The van der Waals surface area contributed by atoms with Gasteiger partial charge in [-0.05, 0) is 31.2 Å². The molecule has 21 heavy (non-hydrogen) atoms. The summed E-state index contributed by atoms with van der Waals surface area (Å²) in [5.41, 5.74) is 2.25. The number of methoxy groups -OCH3 is 1. The summed E-state index contributed by atoms with van der Waals surface area (Å²) in [6.07, 6.45) is 0.631. The van der Waals surface area contributed by atoms with E-state index >= 15 is 0 Å². The maximum absolute atomic E-state index is 13.5. The van der Waals surface area contributed by atoms with Crippen LogP contribution in [0.5, 0.6) is 5.75 Å². The van der Waals surface area contributed by atoms with E-state index in [2.05, 4.69) is 10.4 Å². The van der Waals surface area contributed by atoms with Gasteiger partial charge in [-0.3, -0.25) is 9.48 Å². The molecule has 0 unspecified atom stereocenters. The molecule has 1 aromatic heterocycles. The third kappa shape index (κ3) is 3.59. The van der Waals surface area contributed by atoms with E-state index in [4.69, 9.17) is 4.74 Å². The summed E-state index contributed by atoms with van der Waals surface area (Å²) in [6.45, 7) is 2.41. The number of hydrogen-bond acceptors (Lipinski definition) is 3. The Balaban J connectivity index is 1.91. The van der Waals surface area contributed by atoms with Crippen LogP contribution in [0.4, 0.5) is 4.39 Å². The summed E-state index contributed by atoms with van der Waals surface area (Å²) in [5, 5.41) is 7.05. The summed E-state index contributed by atoms with van der Waals surface area (Å²) in [6, 6.07) is 6.10. The Morgan fingerprint density at radius 2 is 2.19 bits per heavy atom. The molecule has 0 fully saturated rings. The van der Waals surface area contributed by atoms with Crippen LogP contribution in [0.15, 0.2) is 24.3 Å². The van der Waals surface area contributed by atoms with E-state index in [-0.39, 0.29) is 17.2 Å². The fourth-order valence-electron chi connectivity index (χ4n) is 1.97. The summed E-state index contributed by atoms with van der Waals surface area (Å²) in [5.74, 6) is -0.745. The van der Waals surface area contributed by atoms with Crippen LogP contribution in [0.25, 0.3) is 0 Å². The first-order valence-corrected chi connectivity index (χ1v) is 6.62. The van der Waals surface area contributed by atoms with Crippen LogP contribution in [-0.4, -0.2) is 29.3 Å². The maximum atomic E-state index is 13.5. The zero-order chi connectivity index (χ0) is 15.4. The number of hydrogen-bond donors (Lipinski definition) is 1. The van der Waals surface area contributed by atoms with E-state index in [1.165, 1.54) is 25.3 Å². The minimum Gasteiger partial charge on any atom is -0.494 e. The predicted molar refractivity (Wildman–Crippen MR) is 76.9 cm³/mol. The number of carbonyl (C=O) groups excluding carboxylic acids is 1. The molecule has 2 rings (SSSR count). The molecule has 0 atom stereocenters. The molecule has 0 aliphatic rings. The SMILES string of the molecule is COc1ccc(C(=O)NCCc2cc(C)n(C)n2)cc1F. The molecule has 2 aromatic rings. The molecule has 0 bridgehead atoms. The number of amides is 1. The molecule has 6 heteroatoms. The first-order chi connectivity index (χ1) is 10.0. The van der Waals surface area contributed by atoms with Crippen molar-refractivity contribution in [3.63, 3.8) is 0 Å². The summed E-state index contributed by atoms with van der Waals surface area (Å²) in [4.78, 5) is 11.9. The van der Waals surface area contributed by atoms with Crippen LogP contribution in [0.2, 0.25) is 0 Å². The van der Waals surface area contributed by atoms with Gasteiger partial charge in [0, 0.05) is 31.3 Å². The number of nitrogens with one attached hydrogen (secondary N) is 1. The fraction of sp³-hybridized carbons (Fsp3) is 0.333. The van der Waals surface area contributed by atoms with Gasteiger partial charge in [0.05, 0.1) is 12.8 Å². The first-order valence-electron chi connectivity index (χ1n) is 6.62. The van der Waals surface area contributed by atoms with Gasteiger partial charge < -0.3 is 10.1 Å². The molecule has 0 aliphatic heterocycles. The Morgan fingerprint density at radius 3 is 2.76 bits per heavy atom. The van der Waals surface area contributed by atoms with E-state index in [0.717, 1.165) is 11.4 Å². The molecular formula is C15H18FN3O2. The minimum atomic E-state index is -0.550. The number of nitrogens with zero attached hydrogens (tertiary/aromatic N) is 2. The van der Waals surface area contributed by atoms with Gasteiger partial charge >= 0.3 is 0 Å². The van der Waals surface area contributed by atoms with Crippen LogP contribution < -0.4 is 10.1 Å². The van der Waals surface area contributed by atoms with Gasteiger partial charge in [0.25, 0.3) is 5.91 Å². The number of aryl methyl sites for hydroxylation is 2. The zero-order valence-electron chi connectivity index (χ0n) is 12.3. The predicted octanol–water partition coefficient (Wildman–Crippen LogP) is 1.85. The fourth-order valence-corrected chi connectivity index (χ4v) is 1.97. The first kappa shape index (κ1) is 15.0. The number of rotatable bonds is 5. The number of benzene rings is 1. The largest absolute Gasteiger partial charge is 0.494 e. The standard InChI is InChI=1S/C15H18FN3O2/c1-10-8-12(18-19(10)2)6-7-17-15(20)11-4-5-14(21-3)13(16)9-11/h4-5,8-9H,6-7H2,1-3H3,(H,17,20). The Bertz CT molecular complexity index is 633. The van der Waals surface area contributed by atoms with Gasteiger partial charge in [0.1, 0.15) is 0 Å². The molecule has 1 N–H and O–H groups in total. The van der Waals surface area contributed by atoms with E-state index in [0.29, 0.717) is 13.0 Å². The minimum absolute atomic E-state index is 0.121. The summed E-state index contributed by atoms with van der Waals surface area (Å²) in [7, 11) is 3.25. The zero-order valence-corrected chi connectivity index (χ0v) is 12.3.